The molecule has 2 aromatic rings. The van der Waals surface area contributed by atoms with E-state index in [1.54, 1.807) is 6.07 Å². The van der Waals surface area contributed by atoms with E-state index in [-0.39, 0.29) is 25.3 Å². The highest BCUT2D eigenvalue weighted by Gasteiger charge is 2.08. The van der Waals surface area contributed by atoms with Crippen molar-refractivity contribution in [1.82, 2.24) is 5.32 Å². The summed E-state index contributed by atoms with van der Waals surface area (Å²) in [5.74, 6) is -3.30. The molecule has 0 aliphatic carbocycles. The highest BCUT2D eigenvalue weighted by molar-refractivity contribution is 5.94. The normalized spacial score (nSPS) is 10.2. The molecule has 0 heterocycles. The van der Waals surface area contributed by atoms with E-state index < -0.39 is 29.3 Å². The fraction of sp³-hybridized carbons (Fsp3) is 0.176. The number of carbonyl (C=O) groups is 2. The Morgan fingerprint density at radius 3 is 2.48 bits per heavy atom. The average molecular weight is 352 g/mol. The fourth-order valence-electron chi connectivity index (χ4n) is 1.86. The highest BCUT2D eigenvalue weighted by atomic mass is 19.2. The lowest BCUT2D eigenvalue weighted by Gasteiger charge is -2.08. The number of hydrogen-bond donors (Lipinski definition) is 2. The van der Waals surface area contributed by atoms with E-state index in [1.807, 2.05) is 0 Å². The first-order valence-electron chi connectivity index (χ1n) is 7.34. The summed E-state index contributed by atoms with van der Waals surface area (Å²) in [6.45, 7) is -0.322. The van der Waals surface area contributed by atoms with Crippen molar-refractivity contribution in [2.75, 3.05) is 18.5 Å². The second kappa shape index (κ2) is 8.72. The largest absolute Gasteiger partial charge is 0.493 e. The van der Waals surface area contributed by atoms with E-state index in [1.165, 1.54) is 24.3 Å². The molecule has 0 unspecified atom stereocenters. The predicted octanol–water partition coefficient (Wildman–Crippen LogP) is 2.63. The van der Waals surface area contributed by atoms with E-state index in [2.05, 4.69) is 10.6 Å². The lowest BCUT2D eigenvalue weighted by atomic mass is 10.3. The SMILES string of the molecule is O=C(CCOc1cccc(F)c1)NCC(=O)Nc1ccc(F)c(F)c1. The van der Waals surface area contributed by atoms with Crippen molar-refractivity contribution in [3.63, 3.8) is 0 Å². The lowest BCUT2D eigenvalue weighted by Crippen LogP contribution is -2.33. The first-order chi connectivity index (χ1) is 11.9. The van der Waals surface area contributed by atoms with Gasteiger partial charge in [-0.15, -0.1) is 0 Å². The van der Waals surface area contributed by atoms with Crippen molar-refractivity contribution in [1.29, 1.82) is 0 Å². The molecule has 0 bridgehead atoms. The van der Waals surface area contributed by atoms with Crippen molar-refractivity contribution < 1.29 is 27.5 Å². The number of rotatable bonds is 7. The summed E-state index contributed by atoms with van der Waals surface area (Å²) in [6.07, 6.45) is -0.0328. The molecule has 8 heteroatoms. The zero-order valence-electron chi connectivity index (χ0n) is 13.0. The molecule has 0 aromatic heterocycles. The van der Waals surface area contributed by atoms with Crippen LogP contribution in [0.5, 0.6) is 5.75 Å². The van der Waals surface area contributed by atoms with Gasteiger partial charge in [0.1, 0.15) is 11.6 Å². The Labute approximate surface area is 141 Å². The molecule has 2 aromatic carbocycles. The average Bonchev–Trinajstić information content (AvgIpc) is 2.56. The summed E-state index contributed by atoms with van der Waals surface area (Å²) < 4.78 is 43.9. The van der Waals surface area contributed by atoms with Gasteiger partial charge < -0.3 is 15.4 Å². The molecule has 0 saturated heterocycles. The maximum atomic E-state index is 13.0. The molecule has 0 atom stereocenters. The number of anilines is 1. The molecule has 25 heavy (non-hydrogen) atoms. The van der Waals surface area contributed by atoms with Gasteiger partial charge in [-0.1, -0.05) is 6.07 Å². The molecule has 132 valence electrons. The Kier molecular flexibility index (Phi) is 6.39. The molecule has 0 radical (unpaired) electrons. The van der Waals surface area contributed by atoms with Crippen molar-refractivity contribution in [3.8, 4) is 5.75 Å². The van der Waals surface area contributed by atoms with Crippen LogP contribution < -0.4 is 15.4 Å². The Morgan fingerprint density at radius 1 is 0.960 bits per heavy atom. The van der Waals surface area contributed by atoms with E-state index >= 15 is 0 Å². The number of carbonyl (C=O) groups excluding carboxylic acids is 2. The van der Waals surface area contributed by atoms with Crippen LogP contribution >= 0.6 is 0 Å². The molecule has 2 N–H and O–H groups in total. The number of nitrogens with one attached hydrogen (secondary N) is 2. The van der Waals surface area contributed by atoms with Crippen LogP contribution in [0.15, 0.2) is 42.5 Å². The van der Waals surface area contributed by atoms with Crippen LogP contribution in [0.1, 0.15) is 6.42 Å². The quantitative estimate of drug-likeness (QED) is 0.805. The van der Waals surface area contributed by atoms with Gasteiger partial charge in [0.25, 0.3) is 0 Å². The maximum absolute atomic E-state index is 13.0. The van der Waals surface area contributed by atoms with Crippen LogP contribution in [0.25, 0.3) is 0 Å². The van der Waals surface area contributed by atoms with E-state index in [0.29, 0.717) is 5.75 Å². The van der Waals surface area contributed by atoms with Gasteiger partial charge >= 0.3 is 0 Å². The standard InChI is InChI=1S/C17H15F3N2O3/c18-11-2-1-3-13(8-11)25-7-6-16(23)21-10-17(24)22-12-4-5-14(19)15(20)9-12/h1-5,8-9H,6-7,10H2,(H,21,23)(H,22,24). The van der Waals surface area contributed by atoms with Gasteiger partial charge in [0.05, 0.1) is 19.6 Å². The fourth-order valence-corrected chi connectivity index (χ4v) is 1.86. The zero-order chi connectivity index (χ0) is 18.2. The number of ether oxygens (including phenoxy) is 1. The topological polar surface area (TPSA) is 67.4 Å². The Hall–Kier alpha value is -3.03. The summed E-state index contributed by atoms with van der Waals surface area (Å²) in [7, 11) is 0. The molecular weight excluding hydrogens is 337 g/mol. The van der Waals surface area contributed by atoms with Gasteiger partial charge in [0, 0.05) is 17.8 Å². The van der Waals surface area contributed by atoms with Gasteiger partial charge in [-0.25, -0.2) is 13.2 Å². The lowest BCUT2D eigenvalue weighted by molar-refractivity contribution is -0.124. The zero-order valence-corrected chi connectivity index (χ0v) is 13.0. The number of hydrogen-bond acceptors (Lipinski definition) is 3. The van der Waals surface area contributed by atoms with Crippen molar-refractivity contribution in [2.45, 2.75) is 6.42 Å². The van der Waals surface area contributed by atoms with Crippen LogP contribution in [-0.2, 0) is 9.59 Å². The van der Waals surface area contributed by atoms with Crippen molar-refractivity contribution >= 4 is 17.5 Å². The van der Waals surface area contributed by atoms with E-state index in [9.17, 15) is 22.8 Å². The third kappa shape index (κ3) is 6.17. The second-order valence-electron chi connectivity index (χ2n) is 5.01. The summed E-state index contributed by atoms with van der Waals surface area (Å²) in [4.78, 5) is 23.2. The number of halogens is 3. The Morgan fingerprint density at radius 2 is 1.76 bits per heavy atom. The molecule has 2 amide bonds. The monoisotopic (exact) mass is 352 g/mol. The number of amides is 2. The van der Waals surface area contributed by atoms with Gasteiger partial charge in [0.15, 0.2) is 11.6 Å². The minimum Gasteiger partial charge on any atom is -0.493 e. The van der Waals surface area contributed by atoms with Gasteiger partial charge in [0.2, 0.25) is 11.8 Å². The summed E-state index contributed by atoms with van der Waals surface area (Å²) in [6, 6.07) is 8.40. The molecule has 0 saturated carbocycles. The predicted molar refractivity (Wildman–Crippen MR) is 84.5 cm³/mol. The van der Waals surface area contributed by atoms with E-state index in [0.717, 1.165) is 12.1 Å². The summed E-state index contributed by atoms with van der Waals surface area (Å²) >= 11 is 0. The second-order valence-corrected chi connectivity index (χ2v) is 5.01. The van der Waals surface area contributed by atoms with Crippen molar-refractivity contribution in [3.05, 3.63) is 59.9 Å². The maximum Gasteiger partial charge on any atom is 0.243 e. The van der Waals surface area contributed by atoms with Crippen LogP contribution in [0.4, 0.5) is 18.9 Å². The minimum absolute atomic E-state index is 0.0140. The molecule has 0 fully saturated rings. The van der Waals surface area contributed by atoms with Crippen LogP contribution in [-0.4, -0.2) is 25.0 Å². The molecule has 5 nitrogen and oxygen atoms in total. The summed E-state index contributed by atoms with van der Waals surface area (Å²) in [5.41, 5.74) is 0.0765. The Balaban J connectivity index is 1.68. The molecule has 0 aliphatic rings. The number of benzene rings is 2. The van der Waals surface area contributed by atoms with Crippen LogP contribution in [0.3, 0.4) is 0 Å². The van der Waals surface area contributed by atoms with Crippen LogP contribution in [0, 0.1) is 17.5 Å². The first kappa shape index (κ1) is 18.3. The third-order valence-corrected chi connectivity index (χ3v) is 3.04. The first-order valence-corrected chi connectivity index (χ1v) is 7.34. The molecule has 2 rings (SSSR count). The smallest absolute Gasteiger partial charge is 0.243 e. The van der Waals surface area contributed by atoms with Gasteiger partial charge in [-0.05, 0) is 24.3 Å². The molecule has 0 aliphatic heterocycles. The molecule has 0 spiro atoms. The molecular formula is C17H15F3N2O3. The van der Waals surface area contributed by atoms with Gasteiger partial charge in [-0.3, -0.25) is 9.59 Å². The Bertz CT molecular complexity index is 769. The van der Waals surface area contributed by atoms with E-state index in [4.69, 9.17) is 4.74 Å². The minimum atomic E-state index is -1.09. The van der Waals surface area contributed by atoms with Crippen LogP contribution in [0.2, 0.25) is 0 Å². The third-order valence-electron chi connectivity index (χ3n) is 3.04. The highest BCUT2D eigenvalue weighted by Crippen LogP contribution is 2.13. The summed E-state index contributed by atoms with van der Waals surface area (Å²) in [5, 5.41) is 4.67. The van der Waals surface area contributed by atoms with Gasteiger partial charge in [-0.2, -0.15) is 0 Å². The van der Waals surface area contributed by atoms with Crippen molar-refractivity contribution in [2.24, 2.45) is 0 Å².